The van der Waals surface area contributed by atoms with Crippen molar-refractivity contribution in [3.8, 4) is 0 Å². The summed E-state index contributed by atoms with van der Waals surface area (Å²) in [6.45, 7) is 1.46. The smallest absolute Gasteiger partial charge is 0.326 e. The third-order valence-electron chi connectivity index (χ3n) is 3.26. The van der Waals surface area contributed by atoms with Gasteiger partial charge < -0.3 is 20.4 Å². The molecule has 7 nitrogen and oxygen atoms in total. The van der Waals surface area contributed by atoms with E-state index in [9.17, 15) is 14.4 Å². The molecule has 1 amide bonds. The highest BCUT2D eigenvalue weighted by Gasteiger charge is 2.29. The lowest BCUT2D eigenvalue weighted by atomic mass is 10.1. The minimum absolute atomic E-state index is 0.0915. The van der Waals surface area contributed by atoms with Gasteiger partial charge in [0.15, 0.2) is 0 Å². The van der Waals surface area contributed by atoms with Gasteiger partial charge in [-0.15, -0.1) is 0 Å². The van der Waals surface area contributed by atoms with Crippen LogP contribution in [0, 0.1) is 5.92 Å². The molecule has 0 aliphatic carbocycles. The molecule has 7 heteroatoms. The first-order chi connectivity index (χ1) is 8.90. The molecule has 1 fully saturated rings. The first-order valence-corrected chi connectivity index (χ1v) is 6.33. The summed E-state index contributed by atoms with van der Waals surface area (Å²) in [4.78, 5) is 35.3. The number of carboxylic acids is 2. The Kier molecular flexibility index (Phi) is 5.75. The van der Waals surface area contributed by atoms with E-state index < -0.39 is 18.0 Å². The van der Waals surface area contributed by atoms with Crippen LogP contribution in [0.4, 0.5) is 0 Å². The van der Waals surface area contributed by atoms with E-state index in [1.165, 1.54) is 0 Å². The molecule has 1 unspecified atom stereocenters. The molecule has 1 aliphatic rings. The number of nitrogens with one attached hydrogen (secondary N) is 1. The molecule has 0 radical (unpaired) electrons. The van der Waals surface area contributed by atoms with E-state index in [-0.39, 0.29) is 31.1 Å². The Morgan fingerprint density at radius 2 is 2.05 bits per heavy atom. The van der Waals surface area contributed by atoms with Gasteiger partial charge in [0.2, 0.25) is 5.91 Å². The van der Waals surface area contributed by atoms with Gasteiger partial charge in [0.1, 0.15) is 6.04 Å². The largest absolute Gasteiger partial charge is 0.481 e. The summed E-state index contributed by atoms with van der Waals surface area (Å²) in [5.74, 6) is -2.52. The minimum Gasteiger partial charge on any atom is -0.481 e. The number of aliphatic carboxylic acids is 2. The van der Waals surface area contributed by atoms with Crippen molar-refractivity contribution < 1.29 is 24.6 Å². The van der Waals surface area contributed by atoms with Crippen LogP contribution in [-0.4, -0.2) is 59.1 Å². The summed E-state index contributed by atoms with van der Waals surface area (Å²) in [6, 6.07) is -1.00. The lowest BCUT2D eigenvalue weighted by Crippen LogP contribution is -2.44. The zero-order valence-electron chi connectivity index (χ0n) is 11.0. The first-order valence-electron chi connectivity index (χ1n) is 6.33. The second-order valence-corrected chi connectivity index (χ2v) is 4.93. The monoisotopic (exact) mass is 272 g/mol. The number of likely N-dealkylation sites (tertiary alicyclic amines) is 1. The topological polar surface area (TPSA) is 107 Å². The Morgan fingerprint density at radius 1 is 1.37 bits per heavy atom. The molecular weight excluding hydrogens is 252 g/mol. The second-order valence-electron chi connectivity index (χ2n) is 4.93. The van der Waals surface area contributed by atoms with Crippen LogP contribution < -0.4 is 5.32 Å². The van der Waals surface area contributed by atoms with Crippen molar-refractivity contribution in [3.63, 3.8) is 0 Å². The predicted octanol–water partition coefficient (Wildman–Crippen LogP) is -0.238. The van der Waals surface area contributed by atoms with E-state index in [0.717, 1.165) is 13.0 Å². The van der Waals surface area contributed by atoms with Gasteiger partial charge in [0.25, 0.3) is 0 Å². The highest BCUT2D eigenvalue weighted by Crippen LogP contribution is 2.15. The average molecular weight is 272 g/mol. The van der Waals surface area contributed by atoms with Gasteiger partial charge >= 0.3 is 11.9 Å². The number of amides is 1. The van der Waals surface area contributed by atoms with Crippen molar-refractivity contribution in [2.75, 3.05) is 20.1 Å². The van der Waals surface area contributed by atoms with Crippen LogP contribution in [0.1, 0.15) is 25.7 Å². The lowest BCUT2D eigenvalue weighted by Gasteiger charge is -2.17. The Labute approximate surface area is 111 Å². The molecule has 19 heavy (non-hydrogen) atoms. The van der Waals surface area contributed by atoms with E-state index in [2.05, 4.69) is 5.32 Å². The fraction of sp³-hybridized carbons (Fsp3) is 0.750. The fourth-order valence-corrected chi connectivity index (χ4v) is 2.15. The van der Waals surface area contributed by atoms with Crippen molar-refractivity contribution in [3.05, 3.63) is 0 Å². The molecule has 1 heterocycles. The van der Waals surface area contributed by atoms with Gasteiger partial charge in [-0.25, -0.2) is 4.79 Å². The van der Waals surface area contributed by atoms with Crippen LogP contribution >= 0.6 is 0 Å². The number of carbonyl (C=O) groups excluding carboxylic acids is 1. The number of carbonyl (C=O) groups is 3. The predicted molar refractivity (Wildman–Crippen MR) is 66.7 cm³/mol. The van der Waals surface area contributed by atoms with Gasteiger partial charge in [0, 0.05) is 13.0 Å². The maximum absolute atomic E-state index is 11.9. The molecule has 108 valence electrons. The maximum atomic E-state index is 11.9. The van der Waals surface area contributed by atoms with Crippen molar-refractivity contribution in [2.45, 2.75) is 31.7 Å². The summed E-state index contributed by atoms with van der Waals surface area (Å²) >= 11 is 0. The van der Waals surface area contributed by atoms with Crippen LogP contribution in [0.3, 0.4) is 0 Å². The third kappa shape index (κ3) is 5.25. The van der Waals surface area contributed by atoms with Crippen molar-refractivity contribution in [2.24, 2.45) is 5.92 Å². The highest BCUT2D eigenvalue weighted by atomic mass is 16.4. The molecule has 1 aliphatic heterocycles. The van der Waals surface area contributed by atoms with Gasteiger partial charge in [-0.1, -0.05) is 0 Å². The molecule has 1 saturated heterocycles. The molecule has 3 N–H and O–H groups in total. The summed E-state index contributed by atoms with van der Waals surface area (Å²) in [7, 11) is 1.91. The van der Waals surface area contributed by atoms with E-state index in [0.29, 0.717) is 6.54 Å². The second kappa shape index (κ2) is 7.08. The van der Waals surface area contributed by atoms with Crippen LogP contribution in [0.15, 0.2) is 0 Å². The quantitative estimate of drug-likeness (QED) is 0.590. The van der Waals surface area contributed by atoms with Crippen molar-refractivity contribution in [1.29, 1.82) is 0 Å². The van der Waals surface area contributed by atoms with Gasteiger partial charge in [-0.05, 0) is 32.9 Å². The zero-order valence-corrected chi connectivity index (χ0v) is 11.0. The Balaban J connectivity index is 2.42. The molecule has 0 aromatic heterocycles. The molecule has 2 atom stereocenters. The standard InChI is InChI=1S/C12H20N2O5/c1-14-6-5-8(7-14)11(17)13-9(12(18)19)3-2-4-10(15)16/h8-9H,2-7H2,1H3,(H,13,17)(H,15,16)(H,18,19)/t8?,9-/m1/s1. The maximum Gasteiger partial charge on any atom is 0.326 e. The number of rotatable bonds is 7. The zero-order chi connectivity index (χ0) is 14.4. The molecular formula is C12H20N2O5. The SMILES string of the molecule is CN1CCC(C(=O)N[C@H](CCCC(=O)O)C(=O)O)C1. The summed E-state index contributed by atoms with van der Waals surface area (Å²) in [6.07, 6.45) is 1.00. The van der Waals surface area contributed by atoms with E-state index in [1.54, 1.807) is 0 Å². The lowest BCUT2D eigenvalue weighted by molar-refractivity contribution is -0.143. The number of carboxylic acid groups (broad SMARTS) is 2. The van der Waals surface area contributed by atoms with Crippen LogP contribution in [0.2, 0.25) is 0 Å². The van der Waals surface area contributed by atoms with E-state index >= 15 is 0 Å². The van der Waals surface area contributed by atoms with Gasteiger partial charge in [-0.2, -0.15) is 0 Å². The molecule has 0 bridgehead atoms. The van der Waals surface area contributed by atoms with E-state index in [1.807, 2.05) is 11.9 Å². The third-order valence-corrected chi connectivity index (χ3v) is 3.26. The number of hydrogen-bond acceptors (Lipinski definition) is 4. The Morgan fingerprint density at radius 3 is 2.53 bits per heavy atom. The van der Waals surface area contributed by atoms with Crippen LogP contribution in [0.5, 0.6) is 0 Å². The van der Waals surface area contributed by atoms with Gasteiger partial charge in [-0.3, -0.25) is 9.59 Å². The Hall–Kier alpha value is -1.63. The average Bonchev–Trinajstić information content (AvgIpc) is 2.73. The normalized spacial score (nSPS) is 21.0. The number of hydrogen-bond donors (Lipinski definition) is 3. The molecule has 1 rings (SSSR count). The minimum atomic E-state index is -1.12. The van der Waals surface area contributed by atoms with E-state index in [4.69, 9.17) is 10.2 Å². The fourth-order valence-electron chi connectivity index (χ4n) is 2.15. The summed E-state index contributed by atoms with van der Waals surface area (Å²) in [5.41, 5.74) is 0. The Bertz CT molecular complexity index is 358. The van der Waals surface area contributed by atoms with Crippen LogP contribution in [-0.2, 0) is 14.4 Å². The highest BCUT2D eigenvalue weighted by molar-refractivity contribution is 5.85. The molecule has 0 aromatic carbocycles. The van der Waals surface area contributed by atoms with Crippen molar-refractivity contribution >= 4 is 17.8 Å². The van der Waals surface area contributed by atoms with Crippen LogP contribution in [0.25, 0.3) is 0 Å². The van der Waals surface area contributed by atoms with Gasteiger partial charge in [0.05, 0.1) is 5.92 Å². The summed E-state index contributed by atoms with van der Waals surface area (Å²) in [5, 5.41) is 20.0. The molecule has 0 aromatic rings. The first kappa shape index (κ1) is 15.4. The number of nitrogens with zero attached hydrogens (tertiary/aromatic N) is 1. The summed E-state index contributed by atoms with van der Waals surface area (Å²) < 4.78 is 0. The molecule has 0 spiro atoms. The molecule has 0 saturated carbocycles. The van der Waals surface area contributed by atoms with Crippen molar-refractivity contribution in [1.82, 2.24) is 10.2 Å².